The predicted molar refractivity (Wildman–Crippen MR) is 50.4 cm³/mol. The van der Waals surface area contributed by atoms with Gasteiger partial charge in [0, 0.05) is 6.20 Å². The second-order valence-corrected chi connectivity index (χ2v) is 3.77. The Morgan fingerprint density at radius 3 is 2.86 bits per heavy atom. The van der Waals surface area contributed by atoms with Crippen LogP contribution in [0.4, 0.5) is 11.4 Å². The van der Waals surface area contributed by atoms with Crippen molar-refractivity contribution in [1.29, 1.82) is 0 Å². The summed E-state index contributed by atoms with van der Waals surface area (Å²) in [6, 6.07) is 0. The Morgan fingerprint density at radius 1 is 1.43 bits per heavy atom. The lowest BCUT2D eigenvalue weighted by Gasteiger charge is -2.24. The summed E-state index contributed by atoms with van der Waals surface area (Å²) in [6.07, 6.45) is 4.04. The van der Waals surface area contributed by atoms with E-state index in [1.54, 1.807) is 6.20 Å². The summed E-state index contributed by atoms with van der Waals surface area (Å²) >= 11 is 0. The van der Waals surface area contributed by atoms with Gasteiger partial charge >= 0.3 is 0 Å². The monoisotopic (exact) mass is 191 g/mol. The number of hydrogen-bond donors (Lipinski definition) is 3. The van der Waals surface area contributed by atoms with Crippen molar-refractivity contribution in [3.8, 4) is 0 Å². The van der Waals surface area contributed by atoms with Gasteiger partial charge in [0.15, 0.2) is 6.29 Å². The number of amides is 1. The number of aromatic nitrogens is 1. The first-order chi connectivity index (χ1) is 6.75. The molecule has 1 fully saturated rings. The minimum absolute atomic E-state index is 0.00134. The van der Waals surface area contributed by atoms with E-state index in [0.717, 1.165) is 24.8 Å². The number of rotatable bonds is 1. The van der Waals surface area contributed by atoms with Crippen LogP contribution in [0.25, 0.3) is 0 Å². The number of H-pyrrole nitrogens is 1. The quantitative estimate of drug-likeness (QED) is 0.573. The zero-order chi connectivity index (χ0) is 9.76. The van der Waals surface area contributed by atoms with Gasteiger partial charge in [-0.2, -0.15) is 0 Å². The summed E-state index contributed by atoms with van der Waals surface area (Å²) in [6.45, 7) is 0. The highest BCUT2D eigenvalue weighted by Crippen LogP contribution is 2.45. The van der Waals surface area contributed by atoms with Gasteiger partial charge in [-0.1, -0.05) is 0 Å². The van der Waals surface area contributed by atoms with Crippen LogP contribution in [0, 0.1) is 0 Å². The lowest BCUT2D eigenvalue weighted by molar-refractivity contribution is -0.117. The van der Waals surface area contributed by atoms with Gasteiger partial charge in [0.25, 0.3) is 0 Å². The second-order valence-electron chi connectivity index (χ2n) is 3.77. The average molecular weight is 191 g/mol. The Labute approximate surface area is 79.9 Å². The van der Waals surface area contributed by atoms with E-state index >= 15 is 0 Å². The van der Waals surface area contributed by atoms with Crippen LogP contribution < -0.4 is 10.6 Å². The van der Waals surface area contributed by atoms with E-state index in [4.69, 9.17) is 0 Å². The Kier molecular flexibility index (Phi) is 1.18. The molecule has 1 amide bonds. The molecule has 0 aromatic carbocycles. The molecule has 1 aromatic rings. The van der Waals surface area contributed by atoms with Crippen LogP contribution in [0.2, 0.25) is 0 Å². The van der Waals surface area contributed by atoms with Gasteiger partial charge in [0.1, 0.15) is 11.2 Å². The van der Waals surface area contributed by atoms with E-state index in [1.165, 1.54) is 0 Å². The minimum atomic E-state index is -0.438. The Hall–Kier alpha value is -1.78. The SMILES string of the molecule is O=Cc1[nH]cc2c1NC1(CC1)C(=O)N2. The molecule has 0 unspecified atom stereocenters. The van der Waals surface area contributed by atoms with Gasteiger partial charge in [-0.15, -0.1) is 0 Å². The third-order valence-corrected chi connectivity index (χ3v) is 2.83. The topological polar surface area (TPSA) is 74.0 Å². The summed E-state index contributed by atoms with van der Waals surface area (Å²) in [5.74, 6) is 0.00134. The normalized spacial score (nSPS) is 21.0. The van der Waals surface area contributed by atoms with Crippen molar-refractivity contribution in [2.45, 2.75) is 18.4 Å². The molecule has 1 spiro atoms. The maximum absolute atomic E-state index is 11.6. The van der Waals surface area contributed by atoms with Gasteiger partial charge < -0.3 is 15.6 Å². The van der Waals surface area contributed by atoms with Gasteiger partial charge in [0.2, 0.25) is 5.91 Å². The summed E-state index contributed by atoms with van der Waals surface area (Å²) in [7, 11) is 0. The van der Waals surface area contributed by atoms with Crippen molar-refractivity contribution in [2.75, 3.05) is 10.6 Å². The fourth-order valence-corrected chi connectivity index (χ4v) is 1.78. The van der Waals surface area contributed by atoms with E-state index in [0.29, 0.717) is 11.4 Å². The molecule has 3 rings (SSSR count). The standard InChI is InChI=1S/C9H9N3O2/c13-4-6-7-5(3-10-6)11-8(14)9(12-7)1-2-9/h3-4,10,12H,1-2H2,(H,11,14). The van der Waals surface area contributed by atoms with Gasteiger partial charge in [-0.25, -0.2) is 0 Å². The molecule has 1 aliphatic carbocycles. The molecule has 0 bridgehead atoms. The molecule has 2 aliphatic rings. The number of aromatic amines is 1. The van der Waals surface area contributed by atoms with Crippen LogP contribution in [0.15, 0.2) is 6.20 Å². The van der Waals surface area contributed by atoms with Gasteiger partial charge in [-0.05, 0) is 12.8 Å². The molecule has 3 N–H and O–H groups in total. The first kappa shape index (κ1) is 7.61. The van der Waals surface area contributed by atoms with Gasteiger partial charge in [-0.3, -0.25) is 9.59 Å². The predicted octanol–water partition coefficient (Wildman–Crippen LogP) is 0.724. The smallest absolute Gasteiger partial charge is 0.250 e. The lowest BCUT2D eigenvalue weighted by Crippen LogP contribution is -2.40. The fourth-order valence-electron chi connectivity index (χ4n) is 1.78. The first-order valence-electron chi connectivity index (χ1n) is 4.51. The van der Waals surface area contributed by atoms with E-state index in [9.17, 15) is 9.59 Å². The molecular weight excluding hydrogens is 182 g/mol. The maximum Gasteiger partial charge on any atom is 0.250 e. The third kappa shape index (κ3) is 0.787. The van der Waals surface area contributed by atoms with Crippen molar-refractivity contribution in [2.24, 2.45) is 0 Å². The fraction of sp³-hybridized carbons (Fsp3) is 0.333. The maximum atomic E-state index is 11.6. The number of fused-ring (bicyclic) bond motifs is 1. The highest BCUT2D eigenvalue weighted by atomic mass is 16.2. The molecule has 1 aromatic heterocycles. The summed E-state index contributed by atoms with van der Waals surface area (Å²) in [5.41, 5.74) is 1.44. The number of aldehydes is 1. The first-order valence-corrected chi connectivity index (χ1v) is 4.51. The zero-order valence-corrected chi connectivity index (χ0v) is 7.39. The zero-order valence-electron chi connectivity index (χ0n) is 7.39. The van der Waals surface area contributed by atoms with Gasteiger partial charge in [0.05, 0.1) is 11.4 Å². The Balaban J connectivity index is 2.09. The van der Waals surface area contributed by atoms with Crippen LogP contribution in [0.5, 0.6) is 0 Å². The molecule has 14 heavy (non-hydrogen) atoms. The lowest BCUT2D eigenvalue weighted by atomic mass is 10.1. The molecule has 5 heteroatoms. The molecule has 5 nitrogen and oxygen atoms in total. The van der Waals surface area contributed by atoms with E-state index in [2.05, 4.69) is 15.6 Å². The van der Waals surface area contributed by atoms with Crippen molar-refractivity contribution in [1.82, 2.24) is 4.98 Å². The highest BCUT2D eigenvalue weighted by molar-refractivity contribution is 6.10. The molecule has 72 valence electrons. The molecule has 2 heterocycles. The van der Waals surface area contributed by atoms with Crippen molar-refractivity contribution in [3.05, 3.63) is 11.9 Å². The van der Waals surface area contributed by atoms with Crippen molar-refractivity contribution in [3.63, 3.8) is 0 Å². The molecule has 0 atom stereocenters. The van der Waals surface area contributed by atoms with E-state index in [1.807, 2.05) is 0 Å². The number of carbonyl (C=O) groups excluding carboxylic acids is 2. The second kappa shape index (κ2) is 2.17. The molecule has 1 aliphatic heterocycles. The highest BCUT2D eigenvalue weighted by Gasteiger charge is 2.53. The average Bonchev–Trinajstić information content (AvgIpc) is 2.84. The summed E-state index contributed by atoms with van der Waals surface area (Å²) in [4.78, 5) is 25.0. The van der Waals surface area contributed by atoms with Crippen LogP contribution in [-0.4, -0.2) is 22.7 Å². The Bertz CT molecular complexity index is 431. The van der Waals surface area contributed by atoms with Crippen LogP contribution >= 0.6 is 0 Å². The molecule has 0 saturated heterocycles. The van der Waals surface area contributed by atoms with Crippen molar-refractivity contribution >= 4 is 23.6 Å². The number of hydrogen-bond acceptors (Lipinski definition) is 3. The largest absolute Gasteiger partial charge is 0.368 e. The van der Waals surface area contributed by atoms with Crippen LogP contribution in [0.1, 0.15) is 23.3 Å². The third-order valence-electron chi connectivity index (χ3n) is 2.83. The van der Waals surface area contributed by atoms with Crippen LogP contribution in [0.3, 0.4) is 0 Å². The number of nitrogens with one attached hydrogen (secondary N) is 3. The van der Waals surface area contributed by atoms with Crippen molar-refractivity contribution < 1.29 is 9.59 Å². The Morgan fingerprint density at radius 2 is 2.21 bits per heavy atom. The molecular formula is C9H9N3O2. The molecule has 1 saturated carbocycles. The van der Waals surface area contributed by atoms with E-state index < -0.39 is 5.54 Å². The van der Waals surface area contributed by atoms with E-state index in [-0.39, 0.29) is 5.91 Å². The summed E-state index contributed by atoms with van der Waals surface area (Å²) in [5, 5.41) is 5.90. The molecule has 0 radical (unpaired) electrons. The summed E-state index contributed by atoms with van der Waals surface area (Å²) < 4.78 is 0. The minimum Gasteiger partial charge on any atom is -0.368 e. The van der Waals surface area contributed by atoms with Crippen LogP contribution in [-0.2, 0) is 4.79 Å². The number of anilines is 2. The number of carbonyl (C=O) groups is 2.